The maximum absolute atomic E-state index is 3.86. The highest BCUT2D eigenvalue weighted by Crippen LogP contribution is 2.30. The summed E-state index contributed by atoms with van der Waals surface area (Å²) in [6, 6.07) is 10.8. The van der Waals surface area contributed by atoms with E-state index in [0.717, 1.165) is 16.9 Å². The molecule has 1 aliphatic carbocycles. The number of likely N-dealkylation sites (tertiary alicyclic amines) is 1. The first-order chi connectivity index (χ1) is 9.26. The normalized spacial score (nSPS) is 25.7. The lowest BCUT2D eigenvalue weighted by atomic mass is 10.0. The molecule has 2 aliphatic rings. The lowest BCUT2D eigenvalue weighted by molar-refractivity contribution is 0.311. The van der Waals surface area contributed by atoms with Gasteiger partial charge in [0.25, 0.3) is 0 Å². The van der Waals surface area contributed by atoms with E-state index in [4.69, 9.17) is 0 Å². The summed E-state index contributed by atoms with van der Waals surface area (Å²) < 4.78 is 1.16. The van der Waals surface area contributed by atoms with Crippen LogP contribution in [0.3, 0.4) is 0 Å². The standard InChI is InChI=1S/C16H23BrN2/c1-2-16(12-3-5-13(17)6-4-12)18-14-9-10-19(11-14)15-7-8-15/h3-6,14-16,18H,2,7-11H2,1H3. The molecular weight excluding hydrogens is 300 g/mol. The third kappa shape index (κ3) is 3.39. The number of rotatable bonds is 5. The lowest BCUT2D eigenvalue weighted by Crippen LogP contribution is -2.35. The van der Waals surface area contributed by atoms with Crippen molar-refractivity contribution in [2.75, 3.05) is 13.1 Å². The van der Waals surface area contributed by atoms with Crippen LogP contribution in [0.25, 0.3) is 0 Å². The maximum atomic E-state index is 3.86. The number of halogens is 1. The molecule has 2 fully saturated rings. The SMILES string of the molecule is CCC(NC1CCN(C2CC2)C1)c1ccc(Br)cc1. The van der Waals surface area contributed by atoms with Crippen molar-refractivity contribution in [1.82, 2.24) is 10.2 Å². The van der Waals surface area contributed by atoms with Gasteiger partial charge in [-0.3, -0.25) is 4.90 Å². The first-order valence-electron chi connectivity index (χ1n) is 7.52. The Morgan fingerprint density at radius 1 is 1.26 bits per heavy atom. The molecule has 1 aromatic rings. The van der Waals surface area contributed by atoms with Gasteiger partial charge in [0.15, 0.2) is 0 Å². The molecule has 1 saturated heterocycles. The van der Waals surface area contributed by atoms with Crippen LogP contribution in [0.1, 0.15) is 44.2 Å². The molecule has 3 rings (SSSR count). The van der Waals surface area contributed by atoms with Gasteiger partial charge in [-0.05, 0) is 43.4 Å². The zero-order valence-electron chi connectivity index (χ0n) is 11.6. The third-order valence-corrected chi connectivity index (χ3v) is 4.93. The van der Waals surface area contributed by atoms with Gasteiger partial charge >= 0.3 is 0 Å². The van der Waals surface area contributed by atoms with Gasteiger partial charge in [0.05, 0.1) is 0 Å². The zero-order chi connectivity index (χ0) is 13.2. The molecule has 0 aromatic heterocycles. The molecule has 0 spiro atoms. The molecule has 3 heteroatoms. The van der Waals surface area contributed by atoms with Gasteiger partial charge in [0, 0.05) is 35.7 Å². The Morgan fingerprint density at radius 2 is 2.00 bits per heavy atom. The fourth-order valence-corrected chi connectivity index (χ4v) is 3.39. The van der Waals surface area contributed by atoms with E-state index in [1.165, 1.54) is 37.9 Å². The second-order valence-electron chi connectivity index (χ2n) is 5.89. The Bertz CT molecular complexity index is 413. The maximum Gasteiger partial charge on any atom is 0.0320 e. The summed E-state index contributed by atoms with van der Waals surface area (Å²) in [5.74, 6) is 0. The summed E-state index contributed by atoms with van der Waals surface area (Å²) in [5, 5.41) is 3.86. The molecule has 0 amide bonds. The summed E-state index contributed by atoms with van der Waals surface area (Å²) in [5.41, 5.74) is 1.41. The molecule has 19 heavy (non-hydrogen) atoms. The van der Waals surface area contributed by atoms with Crippen LogP contribution >= 0.6 is 15.9 Å². The average Bonchev–Trinajstić information content (AvgIpc) is 3.17. The van der Waals surface area contributed by atoms with E-state index in [-0.39, 0.29) is 0 Å². The predicted octanol–water partition coefficient (Wildman–Crippen LogP) is 3.73. The van der Waals surface area contributed by atoms with Crippen molar-refractivity contribution in [3.8, 4) is 0 Å². The second kappa shape index (κ2) is 5.94. The van der Waals surface area contributed by atoms with Crippen molar-refractivity contribution in [2.24, 2.45) is 0 Å². The highest BCUT2D eigenvalue weighted by molar-refractivity contribution is 9.10. The van der Waals surface area contributed by atoms with Crippen LogP contribution < -0.4 is 5.32 Å². The fourth-order valence-electron chi connectivity index (χ4n) is 3.12. The second-order valence-corrected chi connectivity index (χ2v) is 6.81. The first-order valence-corrected chi connectivity index (χ1v) is 8.31. The van der Waals surface area contributed by atoms with Gasteiger partial charge in [-0.25, -0.2) is 0 Å². The highest BCUT2D eigenvalue weighted by Gasteiger charge is 2.34. The van der Waals surface area contributed by atoms with Crippen LogP contribution in [0.5, 0.6) is 0 Å². The first kappa shape index (κ1) is 13.6. The van der Waals surface area contributed by atoms with E-state index in [9.17, 15) is 0 Å². The largest absolute Gasteiger partial charge is 0.306 e. The smallest absolute Gasteiger partial charge is 0.0320 e. The minimum atomic E-state index is 0.497. The van der Waals surface area contributed by atoms with Crippen LogP contribution in [0.15, 0.2) is 28.7 Å². The molecular formula is C16H23BrN2. The lowest BCUT2D eigenvalue weighted by Gasteiger charge is -2.23. The number of hydrogen-bond donors (Lipinski definition) is 1. The predicted molar refractivity (Wildman–Crippen MR) is 83.3 cm³/mol. The monoisotopic (exact) mass is 322 g/mol. The molecule has 104 valence electrons. The molecule has 2 atom stereocenters. The van der Waals surface area contributed by atoms with E-state index < -0.39 is 0 Å². The van der Waals surface area contributed by atoms with Crippen molar-refractivity contribution in [3.05, 3.63) is 34.3 Å². The van der Waals surface area contributed by atoms with E-state index in [1.807, 2.05) is 0 Å². The van der Waals surface area contributed by atoms with Crippen molar-refractivity contribution in [2.45, 2.75) is 50.7 Å². The molecule has 2 unspecified atom stereocenters. The molecule has 2 nitrogen and oxygen atoms in total. The molecule has 1 aromatic carbocycles. The summed E-state index contributed by atoms with van der Waals surface area (Å²) >= 11 is 3.51. The van der Waals surface area contributed by atoms with Crippen molar-refractivity contribution < 1.29 is 0 Å². The zero-order valence-corrected chi connectivity index (χ0v) is 13.2. The van der Waals surface area contributed by atoms with E-state index in [2.05, 4.69) is 57.3 Å². The van der Waals surface area contributed by atoms with Gasteiger partial charge in [-0.1, -0.05) is 35.0 Å². The van der Waals surface area contributed by atoms with Gasteiger partial charge in [-0.15, -0.1) is 0 Å². The van der Waals surface area contributed by atoms with Gasteiger partial charge < -0.3 is 5.32 Å². The molecule has 1 N–H and O–H groups in total. The number of benzene rings is 1. The fraction of sp³-hybridized carbons (Fsp3) is 0.625. The van der Waals surface area contributed by atoms with Crippen LogP contribution in [0.4, 0.5) is 0 Å². The Balaban J connectivity index is 1.58. The van der Waals surface area contributed by atoms with Crippen LogP contribution in [-0.2, 0) is 0 Å². The van der Waals surface area contributed by atoms with Gasteiger partial charge in [-0.2, -0.15) is 0 Å². The van der Waals surface area contributed by atoms with Crippen molar-refractivity contribution in [1.29, 1.82) is 0 Å². The topological polar surface area (TPSA) is 15.3 Å². The van der Waals surface area contributed by atoms with Crippen LogP contribution in [0.2, 0.25) is 0 Å². The van der Waals surface area contributed by atoms with Crippen molar-refractivity contribution >= 4 is 15.9 Å². The Hall–Kier alpha value is -0.380. The number of nitrogens with zero attached hydrogens (tertiary/aromatic N) is 1. The number of hydrogen-bond acceptors (Lipinski definition) is 2. The van der Waals surface area contributed by atoms with Crippen LogP contribution in [-0.4, -0.2) is 30.1 Å². The average molecular weight is 323 g/mol. The van der Waals surface area contributed by atoms with E-state index >= 15 is 0 Å². The van der Waals surface area contributed by atoms with Crippen molar-refractivity contribution in [3.63, 3.8) is 0 Å². The third-order valence-electron chi connectivity index (χ3n) is 4.40. The summed E-state index contributed by atoms with van der Waals surface area (Å²) in [7, 11) is 0. The van der Waals surface area contributed by atoms with Gasteiger partial charge in [0.1, 0.15) is 0 Å². The molecule has 0 bridgehead atoms. The minimum absolute atomic E-state index is 0.497. The molecule has 1 heterocycles. The Morgan fingerprint density at radius 3 is 2.63 bits per heavy atom. The summed E-state index contributed by atoms with van der Waals surface area (Å²) in [6.45, 7) is 4.81. The van der Waals surface area contributed by atoms with E-state index in [1.54, 1.807) is 0 Å². The van der Waals surface area contributed by atoms with Gasteiger partial charge in [0.2, 0.25) is 0 Å². The quantitative estimate of drug-likeness (QED) is 0.888. The highest BCUT2D eigenvalue weighted by atomic mass is 79.9. The van der Waals surface area contributed by atoms with E-state index in [0.29, 0.717) is 12.1 Å². The number of nitrogens with one attached hydrogen (secondary N) is 1. The molecule has 1 saturated carbocycles. The molecule has 0 radical (unpaired) electrons. The molecule has 1 aliphatic heterocycles. The summed E-state index contributed by atoms with van der Waals surface area (Å²) in [6.07, 6.45) is 5.32. The van der Waals surface area contributed by atoms with Crippen LogP contribution in [0, 0.1) is 0 Å². The minimum Gasteiger partial charge on any atom is -0.306 e. The Kier molecular flexibility index (Phi) is 4.25. The Labute approximate surface area is 124 Å². The summed E-state index contributed by atoms with van der Waals surface area (Å²) in [4.78, 5) is 2.67.